The van der Waals surface area contributed by atoms with Crippen LogP contribution in [-0.2, 0) is 6.54 Å². The van der Waals surface area contributed by atoms with Gasteiger partial charge in [0.2, 0.25) is 0 Å². The van der Waals surface area contributed by atoms with Crippen molar-refractivity contribution in [1.82, 2.24) is 15.6 Å². The second kappa shape index (κ2) is 11.5. The third-order valence-corrected chi connectivity index (χ3v) is 5.24. The molecular weight excluding hydrogens is 381 g/mol. The van der Waals surface area contributed by atoms with Gasteiger partial charge in [0.1, 0.15) is 5.75 Å². The number of nitrogens with zero attached hydrogens (tertiary/aromatic N) is 1. The van der Waals surface area contributed by atoms with Crippen LogP contribution >= 0.6 is 24.8 Å². The summed E-state index contributed by atoms with van der Waals surface area (Å²) in [4.78, 5) is 4.41. The monoisotopic (exact) mass is 411 g/mol. The van der Waals surface area contributed by atoms with Gasteiger partial charge in [0, 0.05) is 41.6 Å². The highest BCUT2D eigenvalue weighted by Gasteiger charge is 2.19. The van der Waals surface area contributed by atoms with E-state index in [0.717, 1.165) is 23.6 Å². The first-order valence-corrected chi connectivity index (χ1v) is 9.20. The maximum atomic E-state index is 5.56. The Morgan fingerprint density at radius 3 is 2.26 bits per heavy atom. The van der Waals surface area contributed by atoms with Crippen molar-refractivity contribution < 1.29 is 4.74 Å². The third-order valence-electron chi connectivity index (χ3n) is 5.24. The molecule has 1 fully saturated rings. The molecule has 6 heteroatoms. The SMILES string of the molecule is CNC1CCC(NCc2cc(-c3ccc(C)nc3)ccc2OC)CC1.Cl.Cl. The Bertz CT molecular complexity index is 686. The number of benzene rings is 1. The van der Waals surface area contributed by atoms with E-state index in [9.17, 15) is 0 Å². The van der Waals surface area contributed by atoms with Crippen LogP contribution in [0.15, 0.2) is 36.5 Å². The summed E-state index contributed by atoms with van der Waals surface area (Å²) in [7, 11) is 3.80. The minimum atomic E-state index is 0. The average Bonchev–Trinajstić information content (AvgIpc) is 2.67. The maximum Gasteiger partial charge on any atom is 0.123 e. The second-order valence-corrected chi connectivity index (χ2v) is 6.93. The summed E-state index contributed by atoms with van der Waals surface area (Å²) in [6, 6.07) is 11.8. The summed E-state index contributed by atoms with van der Waals surface area (Å²) in [5, 5.41) is 7.11. The van der Waals surface area contributed by atoms with Crippen molar-refractivity contribution in [3.63, 3.8) is 0 Å². The quantitative estimate of drug-likeness (QED) is 0.732. The fourth-order valence-corrected chi connectivity index (χ4v) is 3.58. The van der Waals surface area contributed by atoms with Crippen LogP contribution < -0.4 is 15.4 Å². The molecule has 2 N–H and O–H groups in total. The van der Waals surface area contributed by atoms with Crippen molar-refractivity contribution in [3.05, 3.63) is 47.8 Å². The molecule has 2 aromatic rings. The van der Waals surface area contributed by atoms with Gasteiger partial charge >= 0.3 is 0 Å². The van der Waals surface area contributed by atoms with Gasteiger partial charge in [0.25, 0.3) is 0 Å². The van der Waals surface area contributed by atoms with Crippen molar-refractivity contribution >= 4 is 24.8 Å². The molecule has 0 atom stereocenters. The third kappa shape index (κ3) is 6.35. The largest absolute Gasteiger partial charge is 0.496 e. The Morgan fingerprint density at radius 1 is 1.00 bits per heavy atom. The number of ether oxygens (including phenoxy) is 1. The zero-order valence-corrected chi connectivity index (χ0v) is 18.0. The molecule has 0 amide bonds. The minimum absolute atomic E-state index is 0. The first-order valence-electron chi connectivity index (χ1n) is 9.20. The van der Waals surface area contributed by atoms with E-state index in [-0.39, 0.29) is 24.8 Å². The van der Waals surface area contributed by atoms with Crippen molar-refractivity contribution in [2.24, 2.45) is 0 Å². The molecule has 1 heterocycles. The zero-order chi connectivity index (χ0) is 17.6. The van der Waals surface area contributed by atoms with E-state index < -0.39 is 0 Å². The predicted octanol–water partition coefficient (Wildman–Crippen LogP) is 4.53. The number of hydrogen-bond donors (Lipinski definition) is 2. The lowest BCUT2D eigenvalue weighted by Crippen LogP contribution is -2.38. The van der Waals surface area contributed by atoms with Gasteiger partial charge in [-0.15, -0.1) is 24.8 Å². The minimum Gasteiger partial charge on any atom is -0.496 e. The molecule has 1 aliphatic rings. The number of halogens is 2. The van der Waals surface area contributed by atoms with E-state index in [2.05, 4.69) is 53.0 Å². The van der Waals surface area contributed by atoms with Gasteiger partial charge in [-0.25, -0.2) is 0 Å². The highest BCUT2D eigenvalue weighted by atomic mass is 35.5. The van der Waals surface area contributed by atoms with Crippen molar-refractivity contribution in [2.75, 3.05) is 14.2 Å². The number of aromatic nitrogens is 1. The summed E-state index contributed by atoms with van der Waals surface area (Å²) in [5.41, 5.74) is 4.57. The highest BCUT2D eigenvalue weighted by molar-refractivity contribution is 5.85. The molecule has 150 valence electrons. The lowest BCUT2D eigenvalue weighted by atomic mass is 9.91. The Balaban J connectivity index is 0.00000182. The number of pyridine rings is 1. The van der Waals surface area contributed by atoms with Crippen molar-refractivity contribution in [2.45, 2.75) is 51.2 Å². The number of nitrogens with one attached hydrogen (secondary N) is 2. The van der Waals surface area contributed by atoms with E-state index in [0.29, 0.717) is 12.1 Å². The smallest absolute Gasteiger partial charge is 0.123 e. The standard InChI is InChI=1S/C21H29N3O.2ClH/c1-15-4-5-17(13-23-15)16-6-11-21(25-3)18(12-16)14-24-20-9-7-19(22-2)8-10-20;;/h4-6,11-13,19-20,22,24H,7-10,14H2,1-3H3;2*1H. The topological polar surface area (TPSA) is 46.2 Å². The van der Waals surface area contributed by atoms with Gasteiger partial charge in [-0.1, -0.05) is 12.1 Å². The molecule has 3 rings (SSSR count). The lowest BCUT2D eigenvalue weighted by molar-refractivity contribution is 0.315. The van der Waals surface area contributed by atoms with Crippen molar-refractivity contribution in [1.29, 1.82) is 0 Å². The first-order chi connectivity index (χ1) is 12.2. The summed E-state index contributed by atoms with van der Waals surface area (Å²) < 4.78 is 5.56. The van der Waals surface area contributed by atoms with Crippen LogP contribution in [-0.4, -0.2) is 31.2 Å². The number of hydrogen-bond acceptors (Lipinski definition) is 4. The van der Waals surface area contributed by atoms with Crippen LogP contribution in [0.2, 0.25) is 0 Å². The van der Waals surface area contributed by atoms with E-state index in [1.54, 1.807) is 7.11 Å². The fraction of sp³-hybridized carbons (Fsp3) is 0.476. The average molecular weight is 412 g/mol. The van der Waals surface area contributed by atoms with Gasteiger partial charge in [-0.3, -0.25) is 4.98 Å². The molecule has 0 aliphatic heterocycles. The Labute approximate surface area is 175 Å². The molecule has 0 unspecified atom stereocenters. The first kappa shape index (κ1) is 23.7. The molecular formula is C21H31Cl2N3O. The molecule has 1 saturated carbocycles. The van der Waals surface area contributed by atoms with Crippen molar-refractivity contribution in [3.8, 4) is 16.9 Å². The van der Waals surface area contributed by atoms with E-state index in [1.807, 2.05) is 13.1 Å². The van der Waals surface area contributed by atoms with Crippen LogP contribution in [0.3, 0.4) is 0 Å². The predicted molar refractivity (Wildman–Crippen MR) is 117 cm³/mol. The second-order valence-electron chi connectivity index (χ2n) is 6.93. The number of methoxy groups -OCH3 is 1. The van der Waals surface area contributed by atoms with Gasteiger partial charge in [0.15, 0.2) is 0 Å². The normalized spacial score (nSPS) is 18.9. The van der Waals surface area contributed by atoms with Gasteiger partial charge in [-0.2, -0.15) is 0 Å². The van der Waals surface area contributed by atoms with Crippen LogP contribution in [0.5, 0.6) is 5.75 Å². The van der Waals surface area contributed by atoms with Crippen LogP contribution in [0.1, 0.15) is 36.9 Å². The molecule has 0 saturated heterocycles. The summed E-state index contributed by atoms with van der Waals surface area (Å²) in [6.07, 6.45) is 6.90. The van der Waals surface area contributed by atoms with Crippen LogP contribution in [0.25, 0.3) is 11.1 Å². The van der Waals surface area contributed by atoms with Gasteiger partial charge in [0.05, 0.1) is 7.11 Å². The van der Waals surface area contributed by atoms with E-state index in [4.69, 9.17) is 4.74 Å². The molecule has 0 bridgehead atoms. The van der Waals surface area contributed by atoms with Crippen LogP contribution in [0, 0.1) is 6.92 Å². The van der Waals surface area contributed by atoms with E-state index >= 15 is 0 Å². The summed E-state index contributed by atoms with van der Waals surface area (Å²) in [5.74, 6) is 0.945. The maximum absolute atomic E-state index is 5.56. The molecule has 0 spiro atoms. The van der Waals surface area contributed by atoms with Gasteiger partial charge in [-0.05, 0) is 63.4 Å². The molecule has 0 radical (unpaired) electrons. The summed E-state index contributed by atoms with van der Waals surface area (Å²) >= 11 is 0. The molecule has 1 aromatic heterocycles. The van der Waals surface area contributed by atoms with Crippen LogP contribution in [0.4, 0.5) is 0 Å². The molecule has 1 aliphatic carbocycles. The highest BCUT2D eigenvalue weighted by Crippen LogP contribution is 2.27. The zero-order valence-electron chi connectivity index (χ0n) is 16.3. The molecule has 4 nitrogen and oxygen atoms in total. The molecule has 1 aromatic carbocycles. The lowest BCUT2D eigenvalue weighted by Gasteiger charge is -2.29. The Morgan fingerprint density at radius 2 is 1.67 bits per heavy atom. The Hall–Kier alpha value is -1.33. The van der Waals surface area contributed by atoms with E-state index in [1.165, 1.54) is 36.8 Å². The Kier molecular flexibility index (Phi) is 10.1. The summed E-state index contributed by atoms with van der Waals surface area (Å²) in [6.45, 7) is 2.85. The number of rotatable bonds is 6. The fourth-order valence-electron chi connectivity index (χ4n) is 3.58. The van der Waals surface area contributed by atoms with Gasteiger partial charge < -0.3 is 15.4 Å². The molecule has 27 heavy (non-hydrogen) atoms. The number of aryl methyl sites for hydroxylation is 1.